The first kappa shape index (κ1) is 15.2. The molecule has 1 heterocycles. The van der Waals surface area contributed by atoms with Gasteiger partial charge < -0.3 is 4.52 Å². The van der Waals surface area contributed by atoms with Crippen LogP contribution in [0.4, 0.5) is 0 Å². The molecule has 2 aromatic rings. The van der Waals surface area contributed by atoms with Crippen LogP contribution >= 0.6 is 0 Å². The maximum absolute atomic E-state index is 12.0. The van der Waals surface area contributed by atoms with Crippen LogP contribution in [0.25, 0.3) is 0 Å². The molecule has 0 spiro atoms. The van der Waals surface area contributed by atoms with Crippen LogP contribution in [0.3, 0.4) is 0 Å². The molecular weight excluding hydrogens is 292 g/mol. The van der Waals surface area contributed by atoms with Gasteiger partial charge in [0.15, 0.2) is 5.82 Å². The van der Waals surface area contributed by atoms with Gasteiger partial charge in [-0.3, -0.25) is 0 Å². The fourth-order valence-corrected chi connectivity index (χ4v) is 2.94. The molecule has 1 aromatic carbocycles. The zero-order valence-electron chi connectivity index (χ0n) is 11.4. The highest BCUT2D eigenvalue weighted by Gasteiger charge is 2.14. The number of aromatic nitrogens is 2. The second-order valence-corrected chi connectivity index (χ2v) is 6.21. The van der Waals surface area contributed by atoms with Crippen molar-refractivity contribution in [3.05, 3.63) is 47.1 Å². The normalized spacial score (nSPS) is 11.2. The molecule has 2 rings (SSSR count). The average Bonchev–Trinajstić information content (AvgIpc) is 2.84. The van der Waals surface area contributed by atoms with Crippen molar-refractivity contribution >= 4 is 10.0 Å². The number of hydrogen-bond donors (Lipinski definition) is 1. The smallest absolute Gasteiger partial charge is 0.227 e. The molecule has 1 N–H and O–H groups in total. The maximum Gasteiger partial charge on any atom is 0.227 e. The average molecular weight is 306 g/mol. The number of benzene rings is 1. The molecule has 0 saturated carbocycles. The van der Waals surface area contributed by atoms with Crippen molar-refractivity contribution < 1.29 is 12.9 Å². The number of nitriles is 1. The monoisotopic (exact) mass is 306 g/mol. The third kappa shape index (κ3) is 4.37. The molecule has 1 aromatic heterocycles. The molecule has 0 atom stereocenters. The maximum atomic E-state index is 12.0. The number of aryl methyl sites for hydroxylation is 1. The van der Waals surface area contributed by atoms with E-state index in [-0.39, 0.29) is 12.3 Å². The summed E-state index contributed by atoms with van der Waals surface area (Å²) in [5, 5.41) is 12.6. The molecule has 0 aliphatic rings. The van der Waals surface area contributed by atoms with Gasteiger partial charge in [-0.25, -0.2) is 13.1 Å². The van der Waals surface area contributed by atoms with Gasteiger partial charge in [-0.1, -0.05) is 23.4 Å². The summed E-state index contributed by atoms with van der Waals surface area (Å²) >= 11 is 0. The summed E-state index contributed by atoms with van der Waals surface area (Å²) in [6, 6.07) is 8.59. The number of nitrogens with zero attached hydrogens (tertiary/aromatic N) is 3. The minimum atomic E-state index is -3.52. The number of nitrogens with one attached hydrogen (secondary N) is 1. The summed E-state index contributed by atoms with van der Waals surface area (Å²) in [7, 11) is -3.52. The molecule has 7 nitrogen and oxygen atoms in total. The molecule has 8 heteroatoms. The van der Waals surface area contributed by atoms with Crippen LogP contribution in [0.2, 0.25) is 0 Å². The standard InChI is InChI=1S/C13H14N4O3S/c1-10-16-13(20-17-10)6-7-15-21(18,19)9-12-5-3-2-4-11(12)8-14/h2-5,15H,6-7,9H2,1H3. The Balaban J connectivity index is 1.94. The van der Waals surface area contributed by atoms with E-state index in [1.165, 1.54) is 0 Å². The molecular formula is C13H14N4O3S. The second kappa shape index (κ2) is 6.47. The summed E-state index contributed by atoms with van der Waals surface area (Å²) < 4.78 is 31.3. The van der Waals surface area contributed by atoms with Gasteiger partial charge >= 0.3 is 0 Å². The molecule has 0 radical (unpaired) electrons. The van der Waals surface area contributed by atoms with Crippen molar-refractivity contribution in [3.8, 4) is 6.07 Å². The Morgan fingerprint density at radius 1 is 1.38 bits per heavy atom. The Morgan fingerprint density at radius 2 is 2.14 bits per heavy atom. The van der Waals surface area contributed by atoms with Crippen molar-refractivity contribution in [2.45, 2.75) is 19.1 Å². The highest BCUT2D eigenvalue weighted by atomic mass is 32.2. The van der Waals surface area contributed by atoms with Crippen molar-refractivity contribution in [2.24, 2.45) is 0 Å². The van der Waals surface area contributed by atoms with Crippen molar-refractivity contribution in [1.29, 1.82) is 5.26 Å². The summed E-state index contributed by atoms with van der Waals surface area (Å²) in [6.45, 7) is 1.86. The van der Waals surface area contributed by atoms with Gasteiger partial charge in [0.2, 0.25) is 15.9 Å². The quantitative estimate of drug-likeness (QED) is 0.849. The van der Waals surface area contributed by atoms with Crippen LogP contribution in [-0.2, 0) is 22.2 Å². The first-order chi connectivity index (χ1) is 10.00. The Labute approximate surface area is 122 Å². The molecule has 0 fully saturated rings. The van der Waals surface area contributed by atoms with E-state index < -0.39 is 10.0 Å². The third-order valence-corrected chi connectivity index (χ3v) is 4.05. The van der Waals surface area contributed by atoms with E-state index in [1.54, 1.807) is 31.2 Å². The number of hydrogen-bond acceptors (Lipinski definition) is 6. The lowest BCUT2D eigenvalue weighted by atomic mass is 10.1. The van der Waals surface area contributed by atoms with Crippen LogP contribution < -0.4 is 4.72 Å². The summed E-state index contributed by atoms with van der Waals surface area (Å²) in [6.07, 6.45) is 0.319. The summed E-state index contributed by atoms with van der Waals surface area (Å²) in [5.41, 5.74) is 0.830. The molecule has 0 unspecified atom stereocenters. The number of rotatable bonds is 6. The van der Waals surface area contributed by atoms with E-state index in [4.69, 9.17) is 9.78 Å². The minimum absolute atomic E-state index is 0.165. The van der Waals surface area contributed by atoms with E-state index in [0.29, 0.717) is 29.3 Å². The van der Waals surface area contributed by atoms with Gasteiger partial charge in [-0.05, 0) is 18.6 Å². The van der Waals surface area contributed by atoms with Crippen LogP contribution in [0, 0.1) is 18.3 Å². The van der Waals surface area contributed by atoms with Gasteiger partial charge in [-0.15, -0.1) is 0 Å². The molecule has 21 heavy (non-hydrogen) atoms. The highest BCUT2D eigenvalue weighted by molar-refractivity contribution is 7.88. The van der Waals surface area contributed by atoms with Crippen LogP contribution in [0.5, 0.6) is 0 Å². The van der Waals surface area contributed by atoms with Crippen molar-refractivity contribution in [3.63, 3.8) is 0 Å². The van der Waals surface area contributed by atoms with Crippen LogP contribution in [0.1, 0.15) is 22.8 Å². The van der Waals surface area contributed by atoms with E-state index >= 15 is 0 Å². The Morgan fingerprint density at radius 3 is 2.81 bits per heavy atom. The first-order valence-corrected chi connectivity index (χ1v) is 7.90. The number of sulfonamides is 1. The van der Waals surface area contributed by atoms with E-state index in [0.717, 1.165) is 0 Å². The minimum Gasteiger partial charge on any atom is -0.339 e. The summed E-state index contributed by atoms with van der Waals surface area (Å²) in [5.74, 6) is 0.656. The molecule has 110 valence electrons. The van der Waals surface area contributed by atoms with Gasteiger partial charge in [-0.2, -0.15) is 10.2 Å². The lowest BCUT2D eigenvalue weighted by Gasteiger charge is -2.06. The predicted octanol–water partition coefficient (Wildman–Crippen LogP) is 0.912. The Hall–Kier alpha value is -2.24. The van der Waals surface area contributed by atoms with Crippen LogP contribution in [0.15, 0.2) is 28.8 Å². The van der Waals surface area contributed by atoms with E-state index in [2.05, 4.69) is 14.9 Å². The fraction of sp³-hybridized carbons (Fsp3) is 0.308. The second-order valence-electron chi connectivity index (χ2n) is 4.41. The topological polar surface area (TPSA) is 109 Å². The largest absolute Gasteiger partial charge is 0.339 e. The van der Waals surface area contributed by atoms with E-state index in [9.17, 15) is 8.42 Å². The summed E-state index contributed by atoms with van der Waals surface area (Å²) in [4.78, 5) is 3.99. The van der Waals surface area contributed by atoms with Gasteiger partial charge in [0.25, 0.3) is 0 Å². The molecule has 0 aliphatic heterocycles. The van der Waals surface area contributed by atoms with E-state index in [1.807, 2.05) is 6.07 Å². The van der Waals surface area contributed by atoms with Gasteiger partial charge in [0.05, 0.1) is 17.4 Å². The third-order valence-electron chi connectivity index (χ3n) is 2.71. The molecule has 0 amide bonds. The van der Waals surface area contributed by atoms with Crippen molar-refractivity contribution in [2.75, 3.05) is 6.54 Å². The molecule has 0 saturated heterocycles. The molecule has 0 bridgehead atoms. The lowest BCUT2D eigenvalue weighted by Crippen LogP contribution is -2.27. The Kier molecular flexibility index (Phi) is 4.67. The highest BCUT2D eigenvalue weighted by Crippen LogP contribution is 2.10. The Bertz CT molecular complexity index is 762. The lowest BCUT2D eigenvalue weighted by molar-refractivity contribution is 0.375. The molecule has 0 aliphatic carbocycles. The van der Waals surface area contributed by atoms with Gasteiger partial charge in [0, 0.05) is 13.0 Å². The van der Waals surface area contributed by atoms with Gasteiger partial charge in [0.1, 0.15) is 0 Å². The fourth-order valence-electron chi connectivity index (χ4n) is 1.77. The predicted molar refractivity (Wildman–Crippen MR) is 74.5 cm³/mol. The first-order valence-electron chi connectivity index (χ1n) is 6.25. The SMILES string of the molecule is Cc1noc(CCNS(=O)(=O)Cc2ccccc2C#N)n1. The zero-order valence-corrected chi connectivity index (χ0v) is 12.2. The van der Waals surface area contributed by atoms with Crippen LogP contribution in [-0.4, -0.2) is 25.1 Å². The van der Waals surface area contributed by atoms with Crippen molar-refractivity contribution in [1.82, 2.24) is 14.9 Å². The zero-order chi connectivity index (χ0) is 15.3.